The third-order valence-electron chi connectivity index (χ3n) is 4.70. The number of carboxylic acid groups (broad SMARTS) is 1. The monoisotopic (exact) mass is 483 g/mol. The molecule has 0 saturated heterocycles. The zero-order valence-electron chi connectivity index (χ0n) is 17.6. The van der Waals surface area contributed by atoms with Crippen molar-refractivity contribution in [3.05, 3.63) is 59.3 Å². The van der Waals surface area contributed by atoms with Gasteiger partial charge in [0.15, 0.2) is 0 Å². The highest BCUT2D eigenvalue weighted by Crippen LogP contribution is 2.25. The molecule has 11 heteroatoms. The predicted octanol–water partition coefficient (Wildman–Crippen LogP) is 2.67. The van der Waals surface area contributed by atoms with Gasteiger partial charge in [0.1, 0.15) is 18.1 Å². The number of halogens is 1. The number of benzene rings is 2. The van der Waals surface area contributed by atoms with E-state index in [1.54, 1.807) is 43.3 Å². The van der Waals surface area contributed by atoms with E-state index < -0.39 is 22.1 Å². The number of anilines is 1. The molecule has 2 aromatic carbocycles. The molecule has 3 aromatic rings. The van der Waals surface area contributed by atoms with Crippen LogP contribution in [0.2, 0.25) is 0 Å². The molecule has 0 fully saturated rings. The van der Waals surface area contributed by atoms with Crippen LogP contribution >= 0.6 is 12.4 Å². The smallest absolute Gasteiger partial charge is 0.352 e. The van der Waals surface area contributed by atoms with Crippen molar-refractivity contribution >= 4 is 45.0 Å². The molecule has 0 aliphatic carbocycles. The SMILES string of the molecule is Cc1c(C(=O)O)[nH]c2cc(OCCNC[C@H](O)c3cccc(NS(C)(=O)=O)c3)ccc12.Cl. The van der Waals surface area contributed by atoms with E-state index in [2.05, 4.69) is 15.0 Å². The summed E-state index contributed by atoms with van der Waals surface area (Å²) in [4.78, 5) is 14.1. The number of fused-ring (bicyclic) bond motifs is 1. The molecule has 1 heterocycles. The fourth-order valence-electron chi connectivity index (χ4n) is 3.24. The molecule has 1 atom stereocenters. The van der Waals surface area contributed by atoms with Crippen LogP contribution in [0.4, 0.5) is 5.69 Å². The van der Waals surface area contributed by atoms with Gasteiger partial charge in [-0.1, -0.05) is 12.1 Å². The maximum Gasteiger partial charge on any atom is 0.352 e. The Hall–Kier alpha value is -2.79. The number of H-pyrrole nitrogens is 1. The Morgan fingerprint density at radius 2 is 1.97 bits per heavy atom. The number of aliphatic hydroxyl groups is 1. The summed E-state index contributed by atoms with van der Waals surface area (Å²) in [5.41, 5.74) is 2.52. The van der Waals surface area contributed by atoms with Crippen molar-refractivity contribution in [1.29, 1.82) is 0 Å². The Labute approximate surface area is 192 Å². The van der Waals surface area contributed by atoms with Crippen LogP contribution in [0.5, 0.6) is 5.75 Å². The van der Waals surface area contributed by atoms with Crippen molar-refractivity contribution in [1.82, 2.24) is 10.3 Å². The van der Waals surface area contributed by atoms with Gasteiger partial charge in [-0.05, 0) is 42.3 Å². The lowest BCUT2D eigenvalue weighted by atomic mass is 10.1. The first-order valence-corrected chi connectivity index (χ1v) is 11.5. The molecule has 1 aromatic heterocycles. The van der Waals surface area contributed by atoms with Crippen molar-refractivity contribution in [2.75, 3.05) is 30.7 Å². The number of hydrogen-bond donors (Lipinski definition) is 5. The molecule has 0 saturated carbocycles. The molecule has 0 aliphatic heterocycles. The lowest BCUT2D eigenvalue weighted by Crippen LogP contribution is -2.26. The van der Waals surface area contributed by atoms with E-state index in [9.17, 15) is 23.4 Å². The summed E-state index contributed by atoms with van der Waals surface area (Å²) in [6.45, 7) is 2.84. The van der Waals surface area contributed by atoms with Gasteiger partial charge in [-0.2, -0.15) is 0 Å². The number of ether oxygens (including phenoxy) is 1. The number of aromatic nitrogens is 1. The predicted molar refractivity (Wildman–Crippen MR) is 125 cm³/mol. The zero-order chi connectivity index (χ0) is 22.6. The van der Waals surface area contributed by atoms with Crippen molar-refractivity contribution in [3.63, 3.8) is 0 Å². The fraction of sp³-hybridized carbons (Fsp3) is 0.286. The lowest BCUT2D eigenvalue weighted by molar-refractivity contribution is 0.0690. The molecule has 0 spiro atoms. The molecule has 3 rings (SSSR count). The molecule has 0 aliphatic rings. The average Bonchev–Trinajstić information content (AvgIpc) is 3.03. The van der Waals surface area contributed by atoms with E-state index in [1.807, 2.05) is 6.07 Å². The molecule has 174 valence electrons. The molecule has 9 nitrogen and oxygen atoms in total. The first kappa shape index (κ1) is 25.5. The molecule has 0 radical (unpaired) electrons. The molecule has 0 amide bonds. The summed E-state index contributed by atoms with van der Waals surface area (Å²) in [7, 11) is -3.38. The largest absolute Gasteiger partial charge is 0.492 e. The minimum absolute atomic E-state index is 0. The van der Waals surface area contributed by atoms with E-state index in [0.717, 1.165) is 11.6 Å². The maximum absolute atomic E-state index is 11.3. The van der Waals surface area contributed by atoms with Crippen LogP contribution in [0.3, 0.4) is 0 Å². The van der Waals surface area contributed by atoms with Gasteiger partial charge >= 0.3 is 5.97 Å². The topological polar surface area (TPSA) is 141 Å². The first-order valence-electron chi connectivity index (χ1n) is 9.59. The van der Waals surface area contributed by atoms with Gasteiger partial charge in [0.2, 0.25) is 10.0 Å². The van der Waals surface area contributed by atoms with Gasteiger partial charge < -0.3 is 25.3 Å². The molecule has 0 unspecified atom stereocenters. The number of nitrogens with one attached hydrogen (secondary N) is 3. The minimum Gasteiger partial charge on any atom is -0.492 e. The third-order valence-corrected chi connectivity index (χ3v) is 5.31. The van der Waals surface area contributed by atoms with E-state index in [4.69, 9.17) is 4.74 Å². The zero-order valence-corrected chi connectivity index (χ0v) is 19.2. The number of aliphatic hydroxyl groups excluding tert-OH is 1. The molecular weight excluding hydrogens is 458 g/mol. The molecule has 5 N–H and O–H groups in total. The van der Waals surface area contributed by atoms with Crippen molar-refractivity contribution in [3.8, 4) is 5.75 Å². The fourth-order valence-corrected chi connectivity index (χ4v) is 3.80. The van der Waals surface area contributed by atoms with Crippen LogP contribution in [-0.2, 0) is 10.0 Å². The van der Waals surface area contributed by atoms with Crippen molar-refractivity contribution in [2.45, 2.75) is 13.0 Å². The average molecular weight is 484 g/mol. The number of aromatic amines is 1. The van der Waals surface area contributed by atoms with Gasteiger partial charge in [-0.3, -0.25) is 4.72 Å². The van der Waals surface area contributed by atoms with Crippen molar-refractivity contribution < 1.29 is 28.2 Å². The molecule has 0 bridgehead atoms. The summed E-state index contributed by atoms with van der Waals surface area (Å²) in [6.07, 6.45) is 0.256. The standard InChI is InChI=1S/C21H25N3O6S.ClH/c1-13-17-7-6-16(11-18(17)23-20(13)21(26)27)30-9-8-22-12-19(25)14-4-3-5-15(10-14)24-31(2,28)29;/h3-7,10-11,19,22-25H,8-9,12H2,1-2H3,(H,26,27);1H/t19-;/m0./s1. The van der Waals surface area contributed by atoms with E-state index >= 15 is 0 Å². The number of sulfonamides is 1. The van der Waals surface area contributed by atoms with Crippen LogP contribution in [-0.4, -0.2) is 55.5 Å². The highest BCUT2D eigenvalue weighted by Gasteiger charge is 2.14. The normalized spacial score (nSPS) is 12.2. The van der Waals surface area contributed by atoms with Gasteiger partial charge in [0.25, 0.3) is 0 Å². The van der Waals surface area contributed by atoms with Crippen LogP contribution < -0.4 is 14.8 Å². The number of hydrogen-bond acceptors (Lipinski definition) is 6. The van der Waals surface area contributed by atoms with Gasteiger partial charge in [-0.15, -0.1) is 12.4 Å². The van der Waals surface area contributed by atoms with Gasteiger partial charge in [0, 0.05) is 30.2 Å². The lowest BCUT2D eigenvalue weighted by Gasteiger charge is -2.14. The number of rotatable bonds is 10. The van der Waals surface area contributed by atoms with Gasteiger partial charge in [-0.25, -0.2) is 13.2 Å². The number of aryl methyl sites for hydroxylation is 1. The summed E-state index contributed by atoms with van der Waals surface area (Å²) >= 11 is 0. The second kappa shape index (κ2) is 10.7. The highest BCUT2D eigenvalue weighted by molar-refractivity contribution is 7.92. The Balaban J connectivity index is 0.00000363. The summed E-state index contributed by atoms with van der Waals surface area (Å²) in [5, 5.41) is 23.4. The molecular formula is C21H26ClN3O6S. The van der Waals surface area contributed by atoms with Gasteiger partial charge in [0.05, 0.1) is 17.9 Å². The van der Waals surface area contributed by atoms with Crippen LogP contribution in [0.25, 0.3) is 10.9 Å². The second-order valence-electron chi connectivity index (χ2n) is 7.21. The number of carbonyl (C=O) groups is 1. The summed E-state index contributed by atoms with van der Waals surface area (Å²) in [5.74, 6) is -0.399. The first-order chi connectivity index (χ1) is 14.6. The quantitative estimate of drug-likeness (QED) is 0.279. The van der Waals surface area contributed by atoms with E-state index in [1.165, 1.54) is 0 Å². The maximum atomic E-state index is 11.3. The Morgan fingerprint density at radius 1 is 1.22 bits per heavy atom. The van der Waals surface area contributed by atoms with Crippen LogP contribution in [0.15, 0.2) is 42.5 Å². The number of aromatic carboxylic acids is 1. The molecule has 32 heavy (non-hydrogen) atoms. The van der Waals surface area contributed by atoms with E-state index in [0.29, 0.717) is 41.2 Å². The van der Waals surface area contributed by atoms with E-state index in [-0.39, 0.29) is 24.6 Å². The Morgan fingerprint density at radius 3 is 2.66 bits per heavy atom. The third kappa shape index (κ3) is 6.60. The Bertz CT molecular complexity index is 1200. The highest BCUT2D eigenvalue weighted by atomic mass is 35.5. The van der Waals surface area contributed by atoms with Crippen LogP contribution in [0, 0.1) is 6.92 Å². The Kier molecular flexibility index (Phi) is 8.51. The van der Waals surface area contributed by atoms with Crippen LogP contribution in [0.1, 0.15) is 27.7 Å². The van der Waals surface area contributed by atoms with Crippen molar-refractivity contribution in [2.24, 2.45) is 0 Å². The number of carboxylic acids is 1. The second-order valence-corrected chi connectivity index (χ2v) is 8.95. The summed E-state index contributed by atoms with van der Waals surface area (Å²) < 4.78 is 30.7. The minimum atomic E-state index is -3.38. The summed E-state index contributed by atoms with van der Waals surface area (Å²) in [6, 6.07) is 11.9.